The molecule has 0 aromatic heterocycles. The van der Waals surface area contributed by atoms with Crippen LogP contribution < -0.4 is 21.3 Å². The molecule has 4 N–H and O–H groups in total. The van der Waals surface area contributed by atoms with E-state index in [1.54, 1.807) is 21.1 Å². The Bertz CT molecular complexity index is 895. The van der Waals surface area contributed by atoms with Gasteiger partial charge in [-0.25, -0.2) is 4.79 Å². The predicted octanol–water partition coefficient (Wildman–Crippen LogP) is 3.20. The predicted molar refractivity (Wildman–Crippen MR) is 159 cm³/mol. The molecule has 7 atom stereocenters. The number of rotatable bonds is 12. The van der Waals surface area contributed by atoms with E-state index in [0.717, 1.165) is 51.4 Å². The number of urea groups is 1. The zero-order chi connectivity index (χ0) is 30.6. The van der Waals surface area contributed by atoms with Gasteiger partial charge in [0.25, 0.3) is 0 Å². The SMILES string of the molecule is COC(=O)CC(NC(=O)C(C)CC(=O)NC1CCC(NC(=O)NC2CCCCC2C)CC1)C1CCC(OC)C(OC)C1. The van der Waals surface area contributed by atoms with Crippen molar-refractivity contribution in [1.29, 1.82) is 0 Å². The highest BCUT2D eigenvalue weighted by Crippen LogP contribution is 2.32. The van der Waals surface area contributed by atoms with Crippen molar-refractivity contribution in [3.05, 3.63) is 0 Å². The van der Waals surface area contributed by atoms with Gasteiger partial charge in [-0.2, -0.15) is 0 Å². The van der Waals surface area contributed by atoms with E-state index in [1.807, 2.05) is 0 Å². The molecular formula is C31H54N4O7. The lowest BCUT2D eigenvalue weighted by atomic mass is 9.79. The normalized spacial score (nSPS) is 31.2. The summed E-state index contributed by atoms with van der Waals surface area (Å²) in [7, 11) is 4.65. The van der Waals surface area contributed by atoms with Crippen molar-refractivity contribution in [2.75, 3.05) is 21.3 Å². The van der Waals surface area contributed by atoms with Crippen LogP contribution in [0.4, 0.5) is 4.79 Å². The van der Waals surface area contributed by atoms with Crippen molar-refractivity contribution >= 4 is 23.8 Å². The van der Waals surface area contributed by atoms with Gasteiger partial charge in [-0.05, 0) is 69.6 Å². The molecule has 3 aliphatic rings. The number of hydrogen-bond acceptors (Lipinski definition) is 7. The fourth-order valence-corrected chi connectivity index (χ4v) is 6.90. The minimum atomic E-state index is -0.553. The van der Waals surface area contributed by atoms with Crippen LogP contribution >= 0.6 is 0 Å². The van der Waals surface area contributed by atoms with Crippen LogP contribution in [0.15, 0.2) is 0 Å². The topological polar surface area (TPSA) is 144 Å². The average Bonchev–Trinajstić information content (AvgIpc) is 2.98. The van der Waals surface area contributed by atoms with E-state index in [2.05, 4.69) is 28.2 Å². The molecule has 3 aliphatic carbocycles. The second-order valence-electron chi connectivity index (χ2n) is 12.7. The monoisotopic (exact) mass is 594 g/mol. The number of methoxy groups -OCH3 is 3. The lowest BCUT2D eigenvalue weighted by Crippen LogP contribution is -2.51. The first-order chi connectivity index (χ1) is 20.1. The Kier molecular flexibility index (Phi) is 13.8. The maximum absolute atomic E-state index is 13.1. The van der Waals surface area contributed by atoms with Gasteiger partial charge in [0.15, 0.2) is 0 Å². The van der Waals surface area contributed by atoms with Crippen LogP contribution in [-0.4, -0.2) is 81.5 Å². The lowest BCUT2D eigenvalue weighted by Gasteiger charge is -2.38. The molecule has 3 fully saturated rings. The van der Waals surface area contributed by atoms with Crippen molar-refractivity contribution in [2.45, 2.75) is 134 Å². The first kappa shape index (κ1) is 34.1. The third-order valence-corrected chi connectivity index (χ3v) is 9.68. The summed E-state index contributed by atoms with van der Waals surface area (Å²) >= 11 is 0. The standard InChI is InChI=1S/C31H54N4O7/c1-19-8-6-7-9-24(19)35-31(39)33-23-13-11-22(12-14-23)32-28(36)16-20(2)30(38)34-25(18-29(37)42-5)21-10-15-26(40-3)27(17-21)41-4/h19-27H,6-18H2,1-5H3,(H,32,36)(H,34,38)(H2,33,35,39). The molecule has 4 amide bonds. The van der Waals surface area contributed by atoms with Crippen molar-refractivity contribution in [3.8, 4) is 0 Å². The molecular weight excluding hydrogens is 540 g/mol. The minimum Gasteiger partial charge on any atom is -0.469 e. The highest BCUT2D eigenvalue weighted by Gasteiger charge is 2.37. The number of carbonyl (C=O) groups is 4. The number of hydrogen-bond donors (Lipinski definition) is 4. The van der Waals surface area contributed by atoms with Gasteiger partial charge in [-0.15, -0.1) is 0 Å². The van der Waals surface area contributed by atoms with Gasteiger partial charge in [0, 0.05) is 50.7 Å². The number of carbonyl (C=O) groups excluding carboxylic acids is 4. The van der Waals surface area contributed by atoms with Crippen molar-refractivity contribution < 1.29 is 33.4 Å². The van der Waals surface area contributed by atoms with Crippen molar-refractivity contribution in [1.82, 2.24) is 21.3 Å². The number of esters is 1. The highest BCUT2D eigenvalue weighted by molar-refractivity contribution is 5.86. The van der Waals surface area contributed by atoms with Gasteiger partial charge in [0.2, 0.25) is 11.8 Å². The van der Waals surface area contributed by atoms with Crippen LogP contribution in [0.2, 0.25) is 0 Å². The Hall–Kier alpha value is -2.40. The molecule has 0 aromatic carbocycles. The lowest BCUT2D eigenvalue weighted by molar-refractivity contribution is -0.142. The summed E-state index contributed by atoms with van der Waals surface area (Å²) in [5.41, 5.74) is 0. The third-order valence-electron chi connectivity index (χ3n) is 9.68. The summed E-state index contributed by atoms with van der Waals surface area (Å²) < 4.78 is 16.0. The molecule has 11 nitrogen and oxygen atoms in total. The Morgan fingerprint density at radius 2 is 1.40 bits per heavy atom. The first-order valence-electron chi connectivity index (χ1n) is 15.9. The van der Waals surface area contributed by atoms with E-state index in [0.29, 0.717) is 12.3 Å². The molecule has 0 saturated heterocycles. The van der Waals surface area contributed by atoms with Gasteiger partial charge in [0.1, 0.15) is 0 Å². The Morgan fingerprint density at radius 1 is 0.762 bits per heavy atom. The van der Waals surface area contributed by atoms with Gasteiger partial charge >= 0.3 is 12.0 Å². The molecule has 0 aromatic rings. The summed E-state index contributed by atoms with van der Waals surface area (Å²) in [5, 5.41) is 12.4. The fraction of sp³-hybridized carbons (Fsp3) is 0.871. The maximum atomic E-state index is 13.1. The van der Waals surface area contributed by atoms with E-state index in [9.17, 15) is 19.2 Å². The summed E-state index contributed by atoms with van der Waals surface area (Å²) in [5.74, 6) is -0.821. The highest BCUT2D eigenvalue weighted by atomic mass is 16.5. The number of ether oxygens (including phenoxy) is 3. The van der Waals surface area contributed by atoms with Gasteiger partial charge in [-0.1, -0.05) is 26.7 Å². The van der Waals surface area contributed by atoms with Crippen LogP contribution in [0.25, 0.3) is 0 Å². The van der Waals surface area contributed by atoms with E-state index in [-0.39, 0.29) is 72.9 Å². The molecule has 11 heteroatoms. The third kappa shape index (κ3) is 10.4. The molecule has 0 radical (unpaired) electrons. The molecule has 3 rings (SSSR count). The summed E-state index contributed by atoms with van der Waals surface area (Å²) in [6.45, 7) is 3.94. The minimum absolute atomic E-state index is 0.0169. The van der Waals surface area contributed by atoms with E-state index >= 15 is 0 Å². The van der Waals surface area contributed by atoms with E-state index in [1.165, 1.54) is 20.0 Å². The van der Waals surface area contributed by atoms with Gasteiger partial charge in [-0.3, -0.25) is 14.4 Å². The molecule has 7 unspecified atom stereocenters. The maximum Gasteiger partial charge on any atom is 0.315 e. The largest absolute Gasteiger partial charge is 0.469 e. The van der Waals surface area contributed by atoms with Gasteiger partial charge in [0.05, 0.1) is 25.7 Å². The van der Waals surface area contributed by atoms with Crippen LogP contribution in [-0.2, 0) is 28.6 Å². The van der Waals surface area contributed by atoms with Crippen LogP contribution in [0.5, 0.6) is 0 Å². The second kappa shape index (κ2) is 17.0. The first-order valence-corrected chi connectivity index (χ1v) is 15.9. The zero-order valence-corrected chi connectivity index (χ0v) is 26.2. The summed E-state index contributed by atoms with van der Waals surface area (Å²) in [4.78, 5) is 50.6. The molecule has 0 bridgehead atoms. The summed E-state index contributed by atoms with van der Waals surface area (Å²) in [6.07, 6.45) is 9.98. The van der Waals surface area contributed by atoms with Gasteiger partial charge < -0.3 is 35.5 Å². The molecule has 0 spiro atoms. The molecule has 42 heavy (non-hydrogen) atoms. The van der Waals surface area contributed by atoms with E-state index in [4.69, 9.17) is 14.2 Å². The smallest absolute Gasteiger partial charge is 0.315 e. The van der Waals surface area contributed by atoms with Crippen LogP contribution in [0, 0.1) is 17.8 Å². The molecule has 3 saturated carbocycles. The zero-order valence-electron chi connectivity index (χ0n) is 26.2. The molecule has 0 heterocycles. The Morgan fingerprint density at radius 3 is 2.02 bits per heavy atom. The number of amides is 4. The summed E-state index contributed by atoms with van der Waals surface area (Å²) in [6, 6.07) is -0.119. The van der Waals surface area contributed by atoms with Crippen LogP contribution in [0.3, 0.4) is 0 Å². The quantitative estimate of drug-likeness (QED) is 0.254. The molecule has 0 aliphatic heterocycles. The number of nitrogens with one attached hydrogen (secondary N) is 4. The van der Waals surface area contributed by atoms with Crippen LogP contribution in [0.1, 0.15) is 97.3 Å². The van der Waals surface area contributed by atoms with Crippen molar-refractivity contribution in [2.24, 2.45) is 17.8 Å². The second-order valence-corrected chi connectivity index (χ2v) is 12.7. The Balaban J connectivity index is 1.41. The fourth-order valence-electron chi connectivity index (χ4n) is 6.90. The molecule has 240 valence electrons. The van der Waals surface area contributed by atoms with Crippen molar-refractivity contribution in [3.63, 3.8) is 0 Å². The average molecular weight is 595 g/mol. The Labute approximate surface area is 251 Å². The van der Waals surface area contributed by atoms with E-state index < -0.39 is 12.0 Å².